The second kappa shape index (κ2) is 7.75. The maximum Gasteiger partial charge on any atom is 0.123 e. The third-order valence-electron chi connectivity index (χ3n) is 3.63. The van der Waals surface area contributed by atoms with E-state index >= 15 is 0 Å². The standard InChI is InChI=1S/C17H26FNO/c1-13(2)9-19-10-16(12-20-11-14-6-7-14)15-4-3-5-17(18)8-15/h3-5,8,13-14,16,19H,6-7,9-12H2,1-2H3. The first-order valence-electron chi connectivity index (χ1n) is 7.69. The molecule has 1 aromatic rings. The summed E-state index contributed by atoms with van der Waals surface area (Å²) in [7, 11) is 0. The van der Waals surface area contributed by atoms with Crippen LogP contribution in [0.4, 0.5) is 4.39 Å². The Labute approximate surface area is 121 Å². The topological polar surface area (TPSA) is 21.3 Å². The van der Waals surface area contributed by atoms with Gasteiger partial charge in [-0.15, -0.1) is 0 Å². The zero-order valence-corrected chi connectivity index (χ0v) is 12.6. The smallest absolute Gasteiger partial charge is 0.123 e. The third-order valence-corrected chi connectivity index (χ3v) is 3.63. The van der Waals surface area contributed by atoms with E-state index in [9.17, 15) is 4.39 Å². The minimum absolute atomic E-state index is 0.168. The van der Waals surface area contributed by atoms with E-state index in [1.54, 1.807) is 12.1 Å². The fourth-order valence-corrected chi connectivity index (χ4v) is 2.24. The summed E-state index contributed by atoms with van der Waals surface area (Å²) >= 11 is 0. The first-order valence-corrected chi connectivity index (χ1v) is 7.69. The molecule has 1 aromatic carbocycles. The summed E-state index contributed by atoms with van der Waals surface area (Å²) < 4.78 is 19.2. The van der Waals surface area contributed by atoms with Gasteiger partial charge < -0.3 is 10.1 Å². The van der Waals surface area contributed by atoms with E-state index in [-0.39, 0.29) is 11.7 Å². The van der Waals surface area contributed by atoms with Gasteiger partial charge in [-0.25, -0.2) is 4.39 Å². The van der Waals surface area contributed by atoms with Crippen LogP contribution in [0.3, 0.4) is 0 Å². The van der Waals surface area contributed by atoms with Crippen molar-refractivity contribution < 1.29 is 9.13 Å². The molecule has 0 aromatic heterocycles. The molecule has 1 N–H and O–H groups in total. The zero-order chi connectivity index (χ0) is 14.4. The monoisotopic (exact) mass is 279 g/mol. The van der Waals surface area contributed by atoms with Crippen LogP contribution in [0.2, 0.25) is 0 Å². The summed E-state index contributed by atoms with van der Waals surface area (Å²) in [5.41, 5.74) is 1.03. The van der Waals surface area contributed by atoms with Gasteiger partial charge in [-0.3, -0.25) is 0 Å². The Kier molecular flexibility index (Phi) is 5.99. The summed E-state index contributed by atoms with van der Waals surface area (Å²) in [6.45, 7) is 7.73. The van der Waals surface area contributed by atoms with Gasteiger partial charge in [0.15, 0.2) is 0 Å². The Bertz CT molecular complexity index is 396. The second-order valence-electron chi connectivity index (χ2n) is 6.28. The Morgan fingerprint density at radius 1 is 1.30 bits per heavy atom. The van der Waals surface area contributed by atoms with Crippen LogP contribution in [0.15, 0.2) is 24.3 Å². The van der Waals surface area contributed by atoms with Crippen LogP contribution in [-0.4, -0.2) is 26.3 Å². The van der Waals surface area contributed by atoms with Crippen molar-refractivity contribution in [2.75, 3.05) is 26.3 Å². The molecule has 2 rings (SSSR count). The average Bonchev–Trinajstić information content (AvgIpc) is 3.20. The van der Waals surface area contributed by atoms with Crippen LogP contribution in [0.1, 0.15) is 38.2 Å². The van der Waals surface area contributed by atoms with E-state index in [1.165, 1.54) is 18.9 Å². The Morgan fingerprint density at radius 2 is 2.10 bits per heavy atom. The van der Waals surface area contributed by atoms with Crippen molar-refractivity contribution in [3.05, 3.63) is 35.6 Å². The molecule has 0 saturated heterocycles. The van der Waals surface area contributed by atoms with Crippen molar-refractivity contribution in [3.63, 3.8) is 0 Å². The number of ether oxygens (including phenoxy) is 1. The van der Waals surface area contributed by atoms with Gasteiger partial charge in [-0.2, -0.15) is 0 Å². The lowest BCUT2D eigenvalue weighted by Gasteiger charge is -2.19. The van der Waals surface area contributed by atoms with Crippen molar-refractivity contribution in [2.24, 2.45) is 11.8 Å². The van der Waals surface area contributed by atoms with Crippen molar-refractivity contribution in [2.45, 2.75) is 32.6 Å². The van der Waals surface area contributed by atoms with E-state index in [1.807, 2.05) is 6.07 Å². The molecule has 0 amide bonds. The van der Waals surface area contributed by atoms with E-state index in [2.05, 4.69) is 19.2 Å². The van der Waals surface area contributed by atoms with E-state index in [4.69, 9.17) is 4.74 Å². The molecule has 2 nitrogen and oxygen atoms in total. The molecule has 112 valence electrons. The highest BCUT2D eigenvalue weighted by atomic mass is 19.1. The molecule has 1 fully saturated rings. The Balaban J connectivity index is 1.87. The fraction of sp³-hybridized carbons (Fsp3) is 0.647. The number of nitrogens with one attached hydrogen (secondary N) is 1. The molecule has 1 aliphatic rings. The number of hydrogen-bond donors (Lipinski definition) is 1. The predicted molar refractivity (Wildman–Crippen MR) is 80.4 cm³/mol. The van der Waals surface area contributed by atoms with Crippen molar-refractivity contribution >= 4 is 0 Å². The average molecular weight is 279 g/mol. The van der Waals surface area contributed by atoms with Crippen LogP contribution in [0.5, 0.6) is 0 Å². The first kappa shape index (κ1) is 15.5. The second-order valence-corrected chi connectivity index (χ2v) is 6.28. The van der Waals surface area contributed by atoms with Crippen molar-refractivity contribution in [3.8, 4) is 0 Å². The number of benzene rings is 1. The lowest BCUT2D eigenvalue weighted by atomic mass is 9.99. The van der Waals surface area contributed by atoms with Crippen LogP contribution < -0.4 is 5.32 Å². The number of rotatable bonds is 9. The molecule has 0 radical (unpaired) electrons. The Hall–Kier alpha value is -0.930. The van der Waals surface area contributed by atoms with Crippen LogP contribution >= 0.6 is 0 Å². The lowest BCUT2D eigenvalue weighted by molar-refractivity contribution is 0.110. The molecule has 20 heavy (non-hydrogen) atoms. The molecule has 1 aliphatic carbocycles. The highest BCUT2D eigenvalue weighted by Crippen LogP contribution is 2.29. The van der Waals surface area contributed by atoms with Crippen molar-refractivity contribution in [1.82, 2.24) is 5.32 Å². The summed E-state index contributed by atoms with van der Waals surface area (Å²) in [5, 5.41) is 3.45. The van der Waals surface area contributed by atoms with Gasteiger partial charge in [-0.05, 0) is 48.9 Å². The van der Waals surface area contributed by atoms with Crippen LogP contribution in [0, 0.1) is 17.7 Å². The minimum atomic E-state index is -0.168. The van der Waals surface area contributed by atoms with E-state index < -0.39 is 0 Å². The molecule has 0 heterocycles. The lowest BCUT2D eigenvalue weighted by Crippen LogP contribution is -2.28. The van der Waals surface area contributed by atoms with Crippen LogP contribution in [0.25, 0.3) is 0 Å². The summed E-state index contributed by atoms with van der Waals surface area (Å²) in [6.07, 6.45) is 2.60. The minimum Gasteiger partial charge on any atom is -0.380 e. The van der Waals surface area contributed by atoms with E-state index in [0.29, 0.717) is 12.5 Å². The largest absolute Gasteiger partial charge is 0.380 e. The normalized spacial score (nSPS) is 16.6. The fourth-order valence-electron chi connectivity index (χ4n) is 2.24. The highest BCUT2D eigenvalue weighted by Gasteiger charge is 2.22. The molecule has 0 spiro atoms. The number of halogens is 1. The molecular weight excluding hydrogens is 253 g/mol. The van der Waals surface area contributed by atoms with Gasteiger partial charge in [0, 0.05) is 19.1 Å². The zero-order valence-electron chi connectivity index (χ0n) is 12.6. The molecule has 1 unspecified atom stereocenters. The molecule has 1 atom stereocenters. The molecule has 0 aliphatic heterocycles. The maximum absolute atomic E-state index is 13.4. The molecule has 3 heteroatoms. The van der Waals surface area contributed by atoms with Crippen molar-refractivity contribution in [1.29, 1.82) is 0 Å². The first-order chi connectivity index (χ1) is 9.65. The summed E-state index contributed by atoms with van der Waals surface area (Å²) in [6, 6.07) is 6.89. The molecule has 0 bridgehead atoms. The quantitative estimate of drug-likeness (QED) is 0.746. The maximum atomic E-state index is 13.4. The molecule has 1 saturated carbocycles. The number of hydrogen-bond acceptors (Lipinski definition) is 2. The van der Waals surface area contributed by atoms with Gasteiger partial charge >= 0.3 is 0 Å². The third kappa shape index (κ3) is 5.59. The van der Waals surface area contributed by atoms with Crippen LogP contribution in [-0.2, 0) is 4.74 Å². The highest BCUT2D eigenvalue weighted by molar-refractivity contribution is 5.21. The van der Waals surface area contributed by atoms with E-state index in [0.717, 1.165) is 31.2 Å². The summed E-state index contributed by atoms with van der Waals surface area (Å²) in [5.74, 6) is 1.45. The van der Waals surface area contributed by atoms with Gasteiger partial charge in [0.05, 0.1) is 6.61 Å². The van der Waals surface area contributed by atoms with Gasteiger partial charge in [0.2, 0.25) is 0 Å². The SMILES string of the molecule is CC(C)CNCC(COCC1CC1)c1cccc(F)c1. The molecular formula is C17H26FNO. The van der Waals surface area contributed by atoms with Gasteiger partial charge in [0.25, 0.3) is 0 Å². The van der Waals surface area contributed by atoms with Gasteiger partial charge in [-0.1, -0.05) is 26.0 Å². The van der Waals surface area contributed by atoms with Gasteiger partial charge in [0.1, 0.15) is 5.82 Å². The summed E-state index contributed by atoms with van der Waals surface area (Å²) in [4.78, 5) is 0. The Morgan fingerprint density at radius 3 is 2.75 bits per heavy atom. The predicted octanol–water partition coefficient (Wildman–Crippen LogP) is 3.58.